The molecule has 0 bridgehead atoms. The van der Waals surface area contributed by atoms with Crippen LogP contribution in [0.5, 0.6) is 5.75 Å². The summed E-state index contributed by atoms with van der Waals surface area (Å²) in [6.45, 7) is 16.6. The van der Waals surface area contributed by atoms with Crippen molar-refractivity contribution in [2.24, 2.45) is 4.99 Å². The molecule has 0 radical (unpaired) electrons. The van der Waals surface area contributed by atoms with Crippen LogP contribution in [-0.2, 0) is 42.7 Å². The number of fused-ring (bicyclic) bond motifs is 3. The predicted molar refractivity (Wildman–Crippen MR) is 233 cm³/mol. The van der Waals surface area contributed by atoms with Crippen molar-refractivity contribution in [1.82, 2.24) is 19.7 Å². The normalized spacial score (nSPS) is 13.5. The third-order valence-corrected chi connectivity index (χ3v) is 10.6. The lowest BCUT2D eigenvalue weighted by Crippen LogP contribution is -2.17. The van der Waals surface area contributed by atoms with Crippen LogP contribution in [0, 0.1) is 20.8 Å². The van der Waals surface area contributed by atoms with Crippen LogP contribution in [0.4, 0.5) is 5.69 Å². The van der Waals surface area contributed by atoms with E-state index in [1.165, 1.54) is 4.88 Å². The molecule has 1 aromatic carbocycles. The summed E-state index contributed by atoms with van der Waals surface area (Å²) in [6, 6.07) is 8.71. The first-order valence-electron chi connectivity index (χ1n) is 20.7. The number of carbonyl (C=O) groups excluding carboxylic acids is 1. The quantitative estimate of drug-likeness (QED) is 0.0573. The summed E-state index contributed by atoms with van der Waals surface area (Å²) in [5, 5.41) is 13.4. The number of thiophene rings is 1. The fourth-order valence-electron chi connectivity index (χ4n) is 6.09. The SMILES string of the molecule is CCCOCCOCCOCCOCCOCCOCCOCCOCCOc1cncc(NC(=O)C[C@@H]2N=C(c3ccc(Cl)cc3)c3c(sc(C)c3C)-n3c(C)nnc32)c1. The number of nitrogens with one attached hydrogen (secondary N) is 1. The van der Waals surface area contributed by atoms with Crippen molar-refractivity contribution in [3.05, 3.63) is 81.0 Å². The van der Waals surface area contributed by atoms with E-state index < -0.39 is 6.04 Å². The molecule has 3 aromatic heterocycles. The lowest BCUT2D eigenvalue weighted by atomic mass is 9.99. The molecule has 0 spiro atoms. The molecule has 1 aliphatic rings. The zero-order valence-corrected chi connectivity index (χ0v) is 37.2. The molecule has 16 nitrogen and oxygen atoms in total. The summed E-state index contributed by atoms with van der Waals surface area (Å²) in [5.41, 5.74) is 4.31. The number of ether oxygens (including phenoxy) is 9. The van der Waals surface area contributed by atoms with Crippen molar-refractivity contribution in [3.63, 3.8) is 0 Å². The first-order chi connectivity index (χ1) is 29.9. The summed E-state index contributed by atoms with van der Waals surface area (Å²) in [4.78, 5) is 24.1. The van der Waals surface area contributed by atoms with E-state index in [2.05, 4.69) is 41.3 Å². The maximum atomic E-state index is 13.5. The van der Waals surface area contributed by atoms with Gasteiger partial charge in [0, 0.05) is 33.7 Å². The third kappa shape index (κ3) is 16.1. The first-order valence-corrected chi connectivity index (χ1v) is 21.9. The number of amides is 1. The Kier molecular flexibility index (Phi) is 21.5. The highest BCUT2D eigenvalue weighted by Gasteiger charge is 2.32. The van der Waals surface area contributed by atoms with Gasteiger partial charge in [-0.1, -0.05) is 30.7 Å². The van der Waals surface area contributed by atoms with E-state index in [0.29, 0.717) is 128 Å². The molecule has 334 valence electrons. The van der Waals surface area contributed by atoms with Gasteiger partial charge in [0.25, 0.3) is 0 Å². The van der Waals surface area contributed by atoms with Crippen molar-refractivity contribution in [2.75, 3.05) is 118 Å². The zero-order valence-electron chi connectivity index (χ0n) is 35.7. The number of nitrogens with zero attached hydrogens (tertiary/aromatic N) is 5. The van der Waals surface area contributed by atoms with E-state index in [4.69, 9.17) is 59.2 Å². The Labute approximate surface area is 367 Å². The minimum absolute atomic E-state index is 0.0330. The van der Waals surface area contributed by atoms with Gasteiger partial charge >= 0.3 is 0 Å². The van der Waals surface area contributed by atoms with E-state index >= 15 is 0 Å². The molecule has 61 heavy (non-hydrogen) atoms. The Morgan fingerprint density at radius 1 is 0.721 bits per heavy atom. The van der Waals surface area contributed by atoms with Gasteiger partial charge in [-0.05, 0) is 44.9 Å². The smallest absolute Gasteiger partial charge is 0.227 e. The van der Waals surface area contributed by atoms with Crippen LogP contribution in [-0.4, -0.2) is 144 Å². The highest BCUT2D eigenvalue weighted by atomic mass is 35.5. The second-order valence-corrected chi connectivity index (χ2v) is 15.5. The van der Waals surface area contributed by atoms with Crippen LogP contribution in [0.1, 0.15) is 59.0 Å². The molecule has 5 rings (SSSR count). The Morgan fingerprint density at radius 3 is 1.79 bits per heavy atom. The third-order valence-electron chi connectivity index (χ3n) is 9.18. The molecule has 1 amide bonds. The molecule has 18 heteroatoms. The van der Waals surface area contributed by atoms with E-state index in [9.17, 15) is 4.79 Å². The van der Waals surface area contributed by atoms with Gasteiger partial charge in [0.2, 0.25) is 5.91 Å². The highest BCUT2D eigenvalue weighted by molar-refractivity contribution is 7.15. The second kappa shape index (κ2) is 27.2. The first kappa shape index (κ1) is 48.2. The van der Waals surface area contributed by atoms with Crippen molar-refractivity contribution in [2.45, 2.75) is 46.6 Å². The van der Waals surface area contributed by atoms with E-state index in [-0.39, 0.29) is 12.3 Å². The Balaban J connectivity index is 0.909. The van der Waals surface area contributed by atoms with Crippen LogP contribution < -0.4 is 10.1 Å². The number of anilines is 1. The van der Waals surface area contributed by atoms with Gasteiger partial charge in [-0.3, -0.25) is 19.3 Å². The molecule has 1 aliphatic heterocycles. The molecule has 1 atom stereocenters. The Hall–Kier alpha value is -3.88. The molecular weight excluding hydrogens is 828 g/mol. The molecular formula is C43H59ClN6O10S. The van der Waals surface area contributed by atoms with E-state index in [0.717, 1.165) is 46.3 Å². The zero-order chi connectivity index (χ0) is 43.1. The molecule has 0 fully saturated rings. The van der Waals surface area contributed by atoms with Gasteiger partial charge in [0.05, 0.1) is 129 Å². The van der Waals surface area contributed by atoms with E-state index in [1.807, 2.05) is 35.8 Å². The summed E-state index contributed by atoms with van der Waals surface area (Å²) in [6.07, 6.45) is 4.20. The largest absolute Gasteiger partial charge is 0.489 e. The summed E-state index contributed by atoms with van der Waals surface area (Å²) < 4.78 is 51.8. The average molecular weight is 887 g/mol. The van der Waals surface area contributed by atoms with Crippen molar-refractivity contribution < 1.29 is 47.4 Å². The minimum Gasteiger partial charge on any atom is -0.489 e. The van der Waals surface area contributed by atoms with Gasteiger partial charge < -0.3 is 47.9 Å². The van der Waals surface area contributed by atoms with Crippen molar-refractivity contribution in [3.8, 4) is 10.8 Å². The molecule has 0 saturated heterocycles. The fraction of sp³-hybridized carbons (Fsp3) is 0.558. The molecule has 0 saturated carbocycles. The number of carbonyl (C=O) groups is 1. The minimum atomic E-state index is -0.599. The second-order valence-electron chi connectivity index (χ2n) is 13.8. The standard InChI is InChI=1S/C43H59ClN6O10S/c1-5-10-52-11-12-53-13-14-54-15-16-55-17-18-56-19-20-57-21-22-58-23-24-59-25-26-60-37-27-36(29-45-30-37)46-39(51)28-38-42-49-48-33(4)50(42)43-40(31(2)32(3)61-43)41(47-38)34-6-8-35(44)9-7-34/h6-9,27,29-30,38H,5,10-26,28H2,1-4H3,(H,46,51)/t38-/m0/s1. The maximum absolute atomic E-state index is 13.5. The van der Waals surface area contributed by atoms with Gasteiger partial charge in [-0.15, -0.1) is 21.5 Å². The Bertz CT molecular complexity index is 1930. The van der Waals surface area contributed by atoms with Crippen molar-refractivity contribution in [1.29, 1.82) is 0 Å². The number of aryl methyl sites for hydroxylation is 2. The Morgan fingerprint density at radius 2 is 1.25 bits per heavy atom. The van der Waals surface area contributed by atoms with Crippen LogP contribution in [0.25, 0.3) is 5.00 Å². The average Bonchev–Trinajstić information content (AvgIpc) is 3.73. The van der Waals surface area contributed by atoms with Gasteiger partial charge in [-0.2, -0.15) is 0 Å². The molecule has 4 heterocycles. The maximum Gasteiger partial charge on any atom is 0.227 e. The predicted octanol–water partition coefficient (Wildman–Crippen LogP) is 6.14. The molecule has 0 aliphatic carbocycles. The highest BCUT2D eigenvalue weighted by Crippen LogP contribution is 2.39. The topological polar surface area (TPSA) is 168 Å². The number of rotatable bonds is 31. The molecule has 0 unspecified atom stereocenters. The number of hydrogen-bond donors (Lipinski definition) is 1. The lowest BCUT2D eigenvalue weighted by molar-refractivity contribution is -0.116. The number of benzene rings is 1. The van der Waals surface area contributed by atoms with Crippen LogP contribution in [0.3, 0.4) is 0 Å². The van der Waals surface area contributed by atoms with Crippen LogP contribution in [0.15, 0.2) is 47.7 Å². The number of hydrogen-bond acceptors (Lipinski definition) is 15. The summed E-state index contributed by atoms with van der Waals surface area (Å²) >= 11 is 7.90. The summed E-state index contributed by atoms with van der Waals surface area (Å²) in [5.74, 6) is 1.58. The number of pyridine rings is 1. The van der Waals surface area contributed by atoms with Gasteiger partial charge in [0.15, 0.2) is 5.82 Å². The van der Waals surface area contributed by atoms with Gasteiger partial charge in [0.1, 0.15) is 29.2 Å². The van der Waals surface area contributed by atoms with Crippen LogP contribution >= 0.6 is 22.9 Å². The summed E-state index contributed by atoms with van der Waals surface area (Å²) in [7, 11) is 0. The van der Waals surface area contributed by atoms with Crippen LogP contribution in [0.2, 0.25) is 5.02 Å². The molecule has 4 aromatic rings. The number of aliphatic imine (C=N–C) groups is 1. The number of halogens is 1. The van der Waals surface area contributed by atoms with Gasteiger partial charge in [-0.25, -0.2) is 0 Å². The van der Waals surface area contributed by atoms with Crippen molar-refractivity contribution >= 4 is 40.2 Å². The molecule has 1 N–H and O–H groups in total. The lowest BCUT2D eigenvalue weighted by Gasteiger charge is -2.13. The van der Waals surface area contributed by atoms with E-state index in [1.54, 1.807) is 29.8 Å². The number of aromatic nitrogens is 4. The monoisotopic (exact) mass is 886 g/mol. The fourth-order valence-corrected chi connectivity index (χ4v) is 7.43.